The van der Waals surface area contributed by atoms with Crippen molar-refractivity contribution >= 4 is 17.6 Å². The van der Waals surface area contributed by atoms with Gasteiger partial charge in [-0.2, -0.15) is 0 Å². The molecule has 1 aliphatic heterocycles. The Morgan fingerprint density at radius 1 is 0.844 bits per heavy atom. The van der Waals surface area contributed by atoms with E-state index in [0.29, 0.717) is 24.2 Å². The number of aliphatic hydroxyl groups excluding tert-OH is 1. The van der Waals surface area contributed by atoms with Crippen LogP contribution in [-0.4, -0.2) is 46.8 Å². The summed E-state index contributed by atoms with van der Waals surface area (Å²) in [5.74, 6) is -1.04. The second kappa shape index (κ2) is 9.58. The first kappa shape index (κ1) is 21.5. The Bertz CT molecular complexity index is 1140. The standard InChI is InChI=1S/C26H24N2O4/c29-17-23(26(32)28-14-13-18-7-4-5-10-22(18)16-28)27-25(31)21-12-6-11-20(15-21)24(30)19-8-2-1-3-9-19/h1-12,15,23,29H,13-14,16-17H2,(H,27,31)/t23-/m0/s1. The zero-order valence-electron chi connectivity index (χ0n) is 17.5. The SMILES string of the molecule is O=C(N[C@@H](CO)C(=O)N1CCc2ccccc2C1)c1cccc(C(=O)c2ccccc2)c1. The third-order valence-electron chi connectivity index (χ3n) is 5.65. The lowest BCUT2D eigenvalue weighted by Crippen LogP contribution is -2.51. The summed E-state index contributed by atoms with van der Waals surface area (Å²) < 4.78 is 0. The molecule has 4 rings (SSSR count). The lowest BCUT2D eigenvalue weighted by Gasteiger charge is -2.31. The summed E-state index contributed by atoms with van der Waals surface area (Å²) in [5, 5.41) is 12.4. The van der Waals surface area contributed by atoms with E-state index in [9.17, 15) is 19.5 Å². The number of rotatable bonds is 6. The minimum atomic E-state index is -1.05. The molecule has 162 valence electrons. The molecule has 6 nitrogen and oxygen atoms in total. The summed E-state index contributed by atoms with van der Waals surface area (Å²) >= 11 is 0. The smallest absolute Gasteiger partial charge is 0.252 e. The van der Waals surface area contributed by atoms with Gasteiger partial charge in [-0.3, -0.25) is 14.4 Å². The number of hydrogen-bond acceptors (Lipinski definition) is 4. The van der Waals surface area contributed by atoms with Crippen molar-refractivity contribution in [1.82, 2.24) is 10.2 Å². The summed E-state index contributed by atoms with van der Waals surface area (Å²) in [6.07, 6.45) is 0.734. The lowest BCUT2D eigenvalue weighted by molar-refractivity contribution is -0.135. The third kappa shape index (κ3) is 4.60. The lowest BCUT2D eigenvalue weighted by atomic mass is 9.99. The molecule has 1 heterocycles. The number of nitrogens with zero attached hydrogens (tertiary/aromatic N) is 1. The molecule has 2 amide bonds. The van der Waals surface area contributed by atoms with E-state index < -0.39 is 18.6 Å². The molecule has 0 bridgehead atoms. The van der Waals surface area contributed by atoms with Gasteiger partial charge in [0, 0.05) is 29.8 Å². The first-order valence-electron chi connectivity index (χ1n) is 10.5. The molecule has 6 heteroatoms. The van der Waals surface area contributed by atoms with Gasteiger partial charge in [0.05, 0.1) is 6.61 Å². The fourth-order valence-corrected chi connectivity index (χ4v) is 3.89. The Morgan fingerprint density at radius 3 is 2.25 bits per heavy atom. The van der Waals surface area contributed by atoms with E-state index in [2.05, 4.69) is 5.32 Å². The number of hydrogen-bond donors (Lipinski definition) is 2. The van der Waals surface area contributed by atoms with Crippen molar-refractivity contribution < 1.29 is 19.5 Å². The average molecular weight is 428 g/mol. The van der Waals surface area contributed by atoms with Crippen molar-refractivity contribution in [3.8, 4) is 0 Å². The highest BCUT2D eigenvalue weighted by Crippen LogP contribution is 2.19. The monoisotopic (exact) mass is 428 g/mol. The maximum atomic E-state index is 13.0. The molecular weight excluding hydrogens is 404 g/mol. The second-order valence-electron chi connectivity index (χ2n) is 7.76. The molecular formula is C26H24N2O4. The highest BCUT2D eigenvalue weighted by atomic mass is 16.3. The maximum absolute atomic E-state index is 13.0. The Kier molecular flexibility index (Phi) is 6.42. The van der Waals surface area contributed by atoms with Crippen LogP contribution in [0, 0.1) is 0 Å². The van der Waals surface area contributed by atoms with Gasteiger partial charge in [-0.1, -0.05) is 66.7 Å². The van der Waals surface area contributed by atoms with Gasteiger partial charge in [0.15, 0.2) is 5.78 Å². The van der Waals surface area contributed by atoms with Gasteiger partial charge in [-0.05, 0) is 29.7 Å². The molecule has 0 fully saturated rings. The van der Waals surface area contributed by atoms with Gasteiger partial charge in [-0.25, -0.2) is 0 Å². The molecule has 0 saturated heterocycles. The first-order valence-corrected chi connectivity index (χ1v) is 10.5. The van der Waals surface area contributed by atoms with Gasteiger partial charge >= 0.3 is 0 Å². The Morgan fingerprint density at radius 2 is 1.50 bits per heavy atom. The van der Waals surface area contributed by atoms with E-state index in [0.717, 1.165) is 12.0 Å². The van der Waals surface area contributed by atoms with E-state index in [-0.39, 0.29) is 17.3 Å². The predicted molar refractivity (Wildman–Crippen MR) is 120 cm³/mol. The molecule has 1 atom stereocenters. The van der Waals surface area contributed by atoms with E-state index >= 15 is 0 Å². The Hall–Kier alpha value is -3.77. The molecule has 0 radical (unpaired) electrons. The van der Waals surface area contributed by atoms with E-state index in [1.165, 1.54) is 11.6 Å². The van der Waals surface area contributed by atoms with Crippen LogP contribution in [0.1, 0.15) is 37.4 Å². The number of ketones is 1. The van der Waals surface area contributed by atoms with Crippen LogP contribution in [0.25, 0.3) is 0 Å². The second-order valence-corrected chi connectivity index (χ2v) is 7.76. The van der Waals surface area contributed by atoms with Crippen molar-refractivity contribution in [3.63, 3.8) is 0 Å². The van der Waals surface area contributed by atoms with Crippen molar-refractivity contribution in [3.05, 3.63) is 107 Å². The van der Waals surface area contributed by atoms with Gasteiger partial charge in [0.1, 0.15) is 6.04 Å². The van der Waals surface area contributed by atoms with Crippen molar-refractivity contribution in [2.75, 3.05) is 13.2 Å². The molecule has 0 aliphatic carbocycles. The van der Waals surface area contributed by atoms with Crippen LogP contribution in [0.4, 0.5) is 0 Å². The summed E-state index contributed by atoms with van der Waals surface area (Å²) in [6, 6.07) is 22.0. The van der Waals surface area contributed by atoms with Crippen LogP contribution in [0.3, 0.4) is 0 Å². The van der Waals surface area contributed by atoms with Crippen LogP contribution in [0.2, 0.25) is 0 Å². The number of amides is 2. The number of nitrogens with one attached hydrogen (secondary N) is 1. The van der Waals surface area contributed by atoms with Crippen LogP contribution in [0.5, 0.6) is 0 Å². The number of benzene rings is 3. The minimum absolute atomic E-state index is 0.193. The fraction of sp³-hybridized carbons (Fsp3) is 0.192. The van der Waals surface area contributed by atoms with Gasteiger partial charge in [-0.15, -0.1) is 0 Å². The first-order chi connectivity index (χ1) is 15.6. The summed E-state index contributed by atoms with van der Waals surface area (Å²) in [7, 11) is 0. The quantitative estimate of drug-likeness (QED) is 0.591. The van der Waals surface area contributed by atoms with Crippen molar-refractivity contribution in [1.29, 1.82) is 0 Å². The normalized spacial score (nSPS) is 13.7. The fourth-order valence-electron chi connectivity index (χ4n) is 3.89. The highest BCUT2D eigenvalue weighted by molar-refractivity contribution is 6.10. The van der Waals surface area contributed by atoms with E-state index in [1.807, 2.05) is 30.3 Å². The topological polar surface area (TPSA) is 86.7 Å². The van der Waals surface area contributed by atoms with Gasteiger partial charge in [0.2, 0.25) is 5.91 Å². The third-order valence-corrected chi connectivity index (χ3v) is 5.65. The average Bonchev–Trinajstić information content (AvgIpc) is 2.86. The summed E-state index contributed by atoms with van der Waals surface area (Å²) in [6.45, 7) is 0.469. The number of fused-ring (bicyclic) bond motifs is 1. The van der Waals surface area contributed by atoms with Crippen LogP contribution in [-0.2, 0) is 17.8 Å². The Balaban J connectivity index is 1.45. The van der Waals surface area contributed by atoms with Crippen molar-refractivity contribution in [2.24, 2.45) is 0 Å². The molecule has 3 aromatic carbocycles. The molecule has 1 aliphatic rings. The molecule has 0 saturated carbocycles. The largest absolute Gasteiger partial charge is 0.394 e. The van der Waals surface area contributed by atoms with Crippen molar-refractivity contribution in [2.45, 2.75) is 19.0 Å². The predicted octanol–water partition coefficient (Wildman–Crippen LogP) is 2.59. The summed E-state index contributed by atoms with van der Waals surface area (Å²) in [4.78, 5) is 40.1. The maximum Gasteiger partial charge on any atom is 0.252 e. The molecule has 0 unspecified atom stereocenters. The van der Waals surface area contributed by atoms with Gasteiger partial charge in [0.25, 0.3) is 5.91 Å². The highest BCUT2D eigenvalue weighted by Gasteiger charge is 2.28. The minimum Gasteiger partial charge on any atom is -0.394 e. The number of carbonyl (C=O) groups is 3. The molecule has 32 heavy (non-hydrogen) atoms. The number of carbonyl (C=O) groups excluding carboxylic acids is 3. The van der Waals surface area contributed by atoms with Crippen LogP contribution in [0.15, 0.2) is 78.9 Å². The van der Waals surface area contributed by atoms with Gasteiger partial charge < -0.3 is 15.3 Å². The number of aliphatic hydroxyl groups is 1. The molecule has 3 aromatic rings. The molecule has 0 aromatic heterocycles. The zero-order valence-corrected chi connectivity index (χ0v) is 17.5. The van der Waals surface area contributed by atoms with Crippen LogP contribution >= 0.6 is 0 Å². The Labute approximate surface area is 186 Å². The molecule has 0 spiro atoms. The zero-order chi connectivity index (χ0) is 22.5. The van der Waals surface area contributed by atoms with Crippen LogP contribution < -0.4 is 5.32 Å². The van der Waals surface area contributed by atoms with E-state index in [1.54, 1.807) is 47.4 Å². The van der Waals surface area contributed by atoms with E-state index in [4.69, 9.17) is 0 Å². The summed E-state index contributed by atoms with van der Waals surface area (Å²) in [5.41, 5.74) is 3.44. The molecule has 2 N–H and O–H groups in total.